The quantitative estimate of drug-likeness (QED) is 0.698. The van der Waals surface area contributed by atoms with Gasteiger partial charge in [-0.05, 0) is 31.6 Å². The van der Waals surface area contributed by atoms with Gasteiger partial charge in [0.1, 0.15) is 0 Å². The lowest BCUT2D eigenvalue weighted by atomic mass is 9.88. The summed E-state index contributed by atoms with van der Waals surface area (Å²) in [4.78, 5) is 0. The van der Waals surface area contributed by atoms with Crippen LogP contribution in [0.4, 0.5) is 0 Å². The summed E-state index contributed by atoms with van der Waals surface area (Å²) >= 11 is 0. The standard InChI is InChI=1S/C8H17NOS.H2O.H2/c1-7-3-5-8(6-4-7)9-11(2)10;;/h7-9H,3-6H2,1-2H3;1H2;1H. The first-order valence-corrected chi connectivity index (χ1v) is 5.84. The third-order valence-corrected chi connectivity index (χ3v) is 3.01. The van der Waals surface area contributed by atoms with Crippen molar-refractivity contribution in [3.05, 3.63) is 0 Å². The summed E-state index contributed by atoms with van der Waals surface area (Å²) in [5, 5.41) is 0. The smallest absolute Gasteiger partial charge is 0.0886 e. The second-order valence-corrected chi connectivity index (χ2v) is 4.67. The Bertz CT molecular complexity index is 149. The summed E-state index contributed by atoms with van der Waals surface area (Å²) in [5.41, 5.74) is 0. The molecule has 1 aliphatic carbocycles. The molecule has 0 aromatic heterocycles. The zero-order chi connectivity index (χ0) is 8.27. The summed E-state index contributed by atoms with van der Waals surface area (Å²) < 4.78 is 13.9. The monoisotopic (exact) mass is 195 g/mol. The van der Waals surface area contributed by atoms with Crippen molar-refractivity contribution in [2.75, 3.05) is 6.26 Å². The Morgan fingerprint density at radius 1 is 1.33 bits per heavy atom. The highest BCUT2D eigenvalue weighted by Gasteiger charge is 2.17. The first-order valence-electron chi connectivity index (χ1n) is 4.28. The van der Waals surface area contributed by atoms with Gasteiger partial charge in [-0.15, -0.1) is 0 Å². The molecule has 12 heavy (non-hydrogen) atoms. The first kappa shape index (κ1) is 12.1. The highest BCUT2D eigenvalue weighted by Crippen LogP contribution is 2.23. The van der Waals surface area contributed by atoms with E-state index in [-0.39, 0.29) is 6.90 Å². The van der Waals surface area contributed by atoms with Gasteiger partial charge in [-0.3, -0.25) is 0 Å². The van der Waals surface area contributed by atoms with Gasteiger partial charge in [0.05, 0.1) is 11.0 Å². The summed E-state index contributed by atoms with van der Waals surface area (Å²) in [7, 11) is -0.824. The topological polar surface area (TPSA) is 60.6 Å². The minimum Gasteiger partial charge on any atom is -0.412 e. The Morgan fingerprint density at radius 3 is 2.25 bits per heavy atom. The van der Waals surface area contributed by atoms with Crippen molar-refractivity contribution in [3.63, 3.8) is 0 Å². The number of nitrogens with one attached hydrogen (secondary N) is 1. The van der Waals surface area contributed by atoms with Gasteiger partial charge in [0.25, 0.3) is 0 Å². The van der Waals surface area contributed by atoms with Crippen LogP contribution in [0, 0.1) is 5.92 Å². The van der Waals surface area contributed by atoms with Crippen LogP contribution in [0.2, 0.25) is 0 Å². The van der Waals surface area contributed by atoms with Gasteiger partial charge in [-0.1, -0.05) is 6.92 Å². The highest BCUT2D eigenvalue weighted by molar-refractivity contribution is 7.82. The molecule has 0 amide bonds. The second kappa shape index (κ2) is 5.67. The fraction of sp³-hybridized carbons (Fsp3) is 1.00. The molecule has 1 fully saturated rings. The van der Waals surface area contributed by atoms with E-state index in [0.29, 0.717) is 6.04 Å². The molecule has 0 bridgehead atoms. The van der Waals surface area contributed by atoms with Crippen molar-refractivity contribution in [3.8, 4) is 0 Å². The lowest BCUT2D eigenvalue weighted by Gasteiger charge is -2.25. The minimum absolute atomic E-state index is 0. The van der Waals surface area contributed by atoms with Crippen LogP contribution in [-0.4, -0.2) is 22.0 Å². The Morgan fingerprint density at radius 2 is 1.83 bits per heavy atom. The number of rotatable bonds is 2. The molecule has 3 nitrogen and oxygen atoms in total. The SMILES string of the molecule is CC1CCC(NS(C)=O)CC1.O.[HH]. The molecule has 3 N–H and O–H groups in total. The molecule has 0 spiro atoms. The molecule has 0 heterocycles. The van der Waals surface area contributed by atoms with Gasteiger partial charge in [0.15, 0.2) is 0 Å². The Balaban J connectivity index is 0. The molecule has 0 radical (unpaired) electrons. The Labute approximate surface area is 78.3 Å². The largest absolute Gasteiger partial charge is 0.412 e. The first-order chi connectivity index (χ1) is 5.18. The fourth-order valence-corrected chi connectivity index (χ4v) is 2.32. The Kier molecular flexibility index (Phi) is 5.70. The van der Waals surface area contributed by atoms with Gasteiger partial charge in [-0.2, -0.15) is 0 Å². The average molecular weight is 195 g/mol. The Hall–Kier alpha value is 0.0700. The van der Waals surface area contributed by atoms with Crippen LogP contribution in [0.3, 0.4) is 0 Å². The molecule has 0 aromatic carbocycles. The molecule has 1 unspecified atom stereocenters. The van der Waals surface area contributed by atoms with E-state index in [0.717, 1.165) is 5.92 Å². The molecule has 0 aromatic rings. The van der Waals surface area contributed by atoms with E-state index in [9.17, 15) is 4.21 Å². The van der Waals surface area contributed by atoms with E-state index in [1.165, 1.54) is 25.7 Å². The van der Waals surface area contributed by atoms with E-state index in [2.05, 4.69) is 11.6 Å². The predicted molar refractivity (Wildman–Crippen MR) is 54.3 cm³/mol. The molecule has 1 saturated carbocycles. The lowest BCUT2D eigenvalue weighted by Crippen LogP contribution is -2.33. The van der Waals surface area contributed by atoms with E-state index >= 15 is 0 Å². The van der Waals surface area contributed by atoms with E-state index in [4.69, 9.17) is 0 Å². The molecular weight excluding hydrogens is 174 g/mol. The molecule has 76 valence electrons. The molecule has 1 aliphatic rings. The molecule has 1 atom stereocenters. The van der Waals surface area contributed by atoms with Crippen molar-refractivity contribution in [1.82, 2.24) is 4.72 Å². The van der Waals surface area contributed by atoms with Crippen LogP contribution in [0.15, 0.2) is 0 Å². The van der Waals surface area contributed by atoms with Crippen LogP contribution >= 0.6 is 0 Å². The van der Waals surface area contributed by atoms with Crippen LogP contribution in [0.5, 0.6) is 0 Å². The summed E-state index contributed by atoms with van der Waals surface area (Å²) in [5.74, 6) is 0.873. The maximum atomic E-state index is 10.8. The van der Waals surface area contributed by atoms with Crippen molar-refractivity contribution in [1.29, 1.82) is 0 Å². The summed E-state index contributed by atoms with van der Waals surface area (Å²) in [6.45, 7) is 2.29. The van der Waals surface area contributed by atoms with Crippen LogP contribution in [-0.2, 0) is 11.0 Å². The van der Waals surface area contributed by atoms with Gasteiger partial charge < -0.3 is 5.48 Å². The highest BCUT2D eigenvalue weighted by atomic mass is 32.2. The van der Waals surface area contributed by atoms with Crippen LogP contribution in [0.25, 0.3) is 0 Å². The van der Waals surface area contributed by atoms with Crippen molar-refractivity contribution in [2.24, 2.45) is 5.92 Å². The third kappa shape index (κ3) is 4.18. The van der Waals surface area contributed by atoms with Crippen molar-refractivity contribution in [2.45, 2.75) is 38.6 Å². The average Bonchev–Trinajstić information content (AvgIpc) is 1.93. The maximum Gasteiger partial charge on any atom is 0.0886 e. The molecular formula is C8H21NO2S. The lowest BCUT2D eigenvalue weighted by molar-refractivity contribution is 0.335. The maximum absolute atomic E-state index is 10.8. The predicted octanol–water partition coefficient (Wildman–Crippen LogP) is 0.869. The molecule has 0 saturated heterocycles. The molecule has 0 aliphatic heterocycles. The fourth-order valence-electron chi connectivity index (χ4n) is 1.61. The number of hydrogen-bond donors (Lipinski definition) is 1. The van der Waals surface area contributed by atoms with E-state index < -0.39 is 11.0 Å². The number of hydrogen-bond acceptors (Lipinski definition) is 1. The van der Waals surface area contributed by atoms with Crippen molar-refractivity contribution < 1.29 is 11.1 Å². The van der Waals surface area contributed by atoms with Crippen LogP contribution in [0.1, 0.15) is 34.0 Å². The normalized spacial score (nSPS) is 32.2. The van der Waals surface area contributed by atoms with Crippen LogP contribution < -0.4 is 4.72 Å². The van der Waals surface area contributed by atoms with Gasteiger partial charge in [0, 0.05) is 13.7 Å². The minimum atomic E-state index is -0.824. The molecule has 4 heteroatoms. The van der Waals surface area contributed by atoms with E-state index in [1.54, 1.807) is 6.26 Å². The zero-order valence-corrected chi connectivity index (χ0v) is 8.62. The summed E-state index contributed by atoms with van der Waals surface area (Å²) in [6, 6.07) is 0.511. The third-order valence-electron chi connectivity index (χ3n) is 2.35. The van der Waals surface area contributed by atoms with Gasteiger partial charge in [0.2, 0.25) is 0 Å². The second-order valence-electron chi connectivity index (χ2n) is 3.53. The van der Waals surface area contributed by atoms with Crippen molar-refractivity contribution >= 4 is 11.0 Å². The molecule has 1 rings (SSSR count). The van der Waals surface area contributed by atoms with Gasteiger partial charge in [-0.25, -0.2) is 8.93 Å². The zero-order valence-electron chi connectivity index (χ0n) is 7.80. The van der Waals surface area contributed by atoms with Gasteiger partial charge >= 0.3 is 0 Å². The van der Waals surface area contributed by atoms with E-state index in [1.807, 2.05) is 0 Å². The summed E-state index contributed by atoms with van der Waals surface area (Å²) in [6.07, 6.45) is 6.67.